The van der Waals surface area contributed by atoms with Gasteiger partial charge in [-0.1, -0.05) is 78.7 Å². The number of aliphatic carboxylic acids is 1. The van der Waals surface area contributed by atoms with Crippen molar-refractivity contribution in [2.24, 2.45) is 0 Å². The first-order valence-electron chi connectivity index (χ1n) is 14.0. The summed E-state index contributed by atoms with van der Waals surface area (Å²) in [5.41, 5.74) is 4.98. The molecule has 0 aliphatic carbocycles. The molecule has 0 saturated carbocycles. The van der Waals surface area contributed by atoms with Gasteiger partial charge < -0.3 is 24.1 Å². The van der Waals surface area contributed by atoms with Gasteiger partial charge in [0, 0.05) is 12.6 Å². The van der Waals surface area contributed by atoms with E-state index in [0.29, 0.717) is 47.7 Å². The Morgan fingerprint density at radius 2 is 1.72 bits per heavy atom. The topological polar surface area (TPSA) is 71.1 Å². The van der Waals surface area contributed by atoms with E-state index in [2.05, 4.69) is 6.92 Å². The van der Waals surface area contributed by atoms with E-state index in [0.717, 1.165) is 40.0 Å². The summed E-state index contributed by atoms with van der Waals surface area (Å²) in [6.45, 7) is 3.28. The fourth-order valence-corrected chi connectivity index (χ4v) is 6.11. The maximum atomic E-state index is 12.2. The molecule has 0 fully saturated rings. The van der Waals surface area contributed by atoms with Crippen LogP contribution < -0.4 is 48.9 Å². The molecule has 0 N–H and O–H groups in total. The average molecular weight is 627 g/mol. The third kappa shape index (κ3) is 7.01. The van der Waals surface area contributed by atoms with Crippen molar-refractivity contribution in [2.45, 2.75) is 51.1 Å². The van der Waals surface area contributed by atoms with Crippen molar-refractivity contribution in [1.29, 1.82) is 0 Å². The molecule has 216 valence electrons. The largest absolute Gasteiger partial charge is 1.00 e. The molecule has 0 bridgehead atoms. The molecule has 9 heteroatoms. The zero-order chi connectivity index (χ0) is 29.2. The van der Waals surface area contributed by atoms with E-state index in [9.17, 15) is 9.90 Å². The predicted octanol–water partition coefficient (Wildman–Crippen LogP) is 3.72. The van der Waals surface area contributed by atoms with Gasteiger partial charge in [0.05, 0.1) is 22.1 Å². The van der Waals surface area contributed by atoms with Gasteiger partial charge in [-0.2, -0.15) is 0 Å². The molecule has 0 spiro atoms. The number of carbonyl (C=O) groups excluding carboxylic acids is 1. The molecule has 6 rings (SSSR count). The van der Waals surface area contributed by atoms with Crippen LogP contribution in [-0.4, -0.2) is 23.5 Å². The van der Waals surface area contributed by atoms with Crippen LogP contribution in [-0.2, 0) is 24.4 Å². The summed E-state index contributed by atoms with van der Waals surface area (Å²) in [5, 5.41) is 13.3. The van der Waals surface area contributed by atoms with Gasteiger partial charge in [0.25, 0.3) is 0 Å². The molecule has 2 aliphatic heterocycles. The van der Waals surface area contributed by atoms with Gasteiger partial charge in [0.2, 0.25) is 0 Å². The summed E-state index contributed by atoms with van der Waals surface area (Å²) in [7, 11) is 0. The fraction of sp³-hybridized carbons (Fsp3) is 0.265. The number of halogens is 2. The number of fused-ring (bicyclic) bond motifs is 2. The number of carboxylic acid groups (broad SMARTS) is 1. The van der Waals surface area contributed by atoms with Crippen LogP contribution in [0.2, 0.25) is 10.0 Å². The smallest absolute Gasteiger partial charge is 0.548 e. The number of benzene rings is 4. The van der Waals surface area contributed by atoms with Crippen LogP contribution in [0.1, 0.15) is 53.3 Å². The first-order valence-corrected chi connectivity index (χ1v) is 14.8. The molecule has 2 heterocycles. The molecular formula is C34H30Cl2NNaO5. The summed E-state index contributed by atoms with van der Waals surface area (Å²) in [6, 6.07) is 26.4. The Hall–Kier alpha value is -2.71. The van der Waals surface area contributed by atoms with Crippen LogP contribution >= 0.6 is 23.2 Å². The van der Waals surface area contributed by atoms with Gasteiger partial charge in [-0.25, -0.2) is 0 Å². The van der Waals surface area contributed by atoms with E-state index >= 15 is 0 Å². The van der Waals surface area contributed by atoms with Crippen molar-refractivity contribution in [2.75, 3.05) is 6.61 Å². The number of nitrogens with zero attached hydrogens (tertiary/aromatic N) is 1. The summed E-state index contributed by atoms with van der Waals surface area (Å²) in [6.07, 6.45) is 0.844. The van der Waals surface area contributed by atoms with Gasteiger partial charge in [-0.15, -0.1) is 0 Å². The number of hydrogen-bond acceptors (Lipinski definition) is 6. The van der Waals surface area contributed by atoms with Crippen molar-refractivity contribution in [1.82, 2.24) is 4.90 Å². The number of ether oxygens (including phenoxy) is 3. The van der Waals surface area contributed by atoms with Crippen LogP contribution in [0.4, 0.5) is 0 Å². The minimum absolute atomic E-state index is 0. The molecule has 0 amide bonds. The van der Waals surface area contributed by atoms with Crippen molar-refractivity contribution in [3.63, 3.8) is 0 Å². The number of hydrogen-bond donors (Lipinski definition) is 0. The minimum atomic E-state index is -1.06. The Bertz CT molecular complexity index is 1580. The van der Waals surface area contributed by atoms with E-state index in [-0.39, 0.29) is 41.7 Å². The Morgan fingerprint density at radius 3 is 2.42 bits per heavy atom. The quantitative estimate of drug-likeness (QED) is 0.278. The van der Waals surface area contributed by atoms with Gasteiger partial charge in [0.1, 0.15) is 19.0 Å². The Morgan fingerprint density at radius 1 is 0.977 bits per heavy atom. The van der Waals surface area contributed by atoms with Crippen molar-refractivity contribution >= 4 is 29.2 Å². The molecular weight excluding hydrogens is 596 g/mol. The normalized spacial score (nSPS) is 18.2. The number of carbonyl (C=O) groups is 1. The summed E-state index contributed by atoms with van der Waals surface area (Å²) in [5.74, 6) is 0.952. The number of carboxylic acids is 1. The van der Waals surface area contributed by atoms with Crippen molar-refractivity contribution in [3.8, 4) is 17.2 Å². The molecule has 6 nitrogen and oxygen atoms in total. The van der Waals surface area contributed by atoms with E-state index in [1.807, 2.05) is 77.7 Å². The minimum Gasteiger partial charge on any atom is -0.548 e. The summed E-state index contributed by atoms with van der Waals surface area (Å²) >= 11 is 12.1. The molecule has 43 heavy (non-hydrogen) atoms. The van der Waals surface area contributed by atoms with Crippen molar-refractivity contribution < 1.29 is 53.7 Å². The van der Waals surface area contributed by atoms with Crippen LogP contribution in [0.5, 0.6) is 17.2 Å². The molecule has 4 aromatic carbocycles. The SMILES string of the molecule is CC[C@@H](c1ccccc1)N1Cc2cc3c(cc2C[C@H]1C(=O)[O-])OC[C@H](c1ccc(OCc2ccc(Cl)c(Cl)c2)cc1)O3.[Na+]. The zero-order valence-corrected chi connectivity index (χ0v) is 27.6. The average Bonchev–Trinajstić information content (AvgIpc) is 3.01. The first kappa shape index (κ1) is 31.7. The molecule has 2 aliphatic rings. The molecule has 3 atom stereocenters. The third-order valence-electron chi connectivity index (χ3n) is 7.98. The first-order chi connectivity index (χ1) is 20.4. The summed E-state index contributed by atoms with van der Waals surface area (Å²) < 4.78 is 18.5. The van der Waals surface area contributed by atoms with Crippen LogP contribution in [0.3, 0.4) is 0 Å². The molecule has 0 unspecified atom stereocenters. The maximum Gasteiger partial charge on any atom is 1.00 e. The molecule has 0 aromatic heterocycles. The summed E-state index contributed by atoms with van der Waals surface area (Å²) in [4.78, 5) is 14.3. The van der Waals surface area contributed by atoms with E-state index < -0.39 is 12.0 Å². The standard InChI is InChI=1S/C34H31Cl2NO5.Na/c1-2-29(22-6-4-3-5-7-22)37-18-25-17-32-31(16-24(25)15-30(37)34(38)39)41-20-33(42-32)23-9-11-26(12-10-23)40-19-21-8-13-27(35)28(36)14-21;/h3-14,16-17,29-30,33H,2,15,18-20H2,1H3,(H,38,39);/q;+1/p-1/t29-,30-,33+;/m0./s1. The zero-order valence-electron chi connectivity index (χ0n) is 24.1. The second kappa shape index (κ2) is 13.9. The van der Waals surface area contributed by atoms with Crippen molar-refractivity contribution in [3.05, 3.63) is 123 Å². The van der Waals surface area contributed by atoms with Crippen LogP contribution in [0, 0.1) is 0 Å². The maximum absolute atomic E-state index is 12.2. The van der Waals surface area contributed by atoms with Crippen LogP contribution in [0.15, 0.2) is 84.9 Å². The van der Waals surface area contributed by atoms with E-state index in [1.165, 1.54) is 0 Å². The Kier molecular flexibility index (Phi) is 10.3. The van der Waals surface area contributed by atoms with Gasteiger partial charge in [-0.3, -0.25) is 4.90 Å². The predicted molar refractivity (Wildman–Crippen MR) is 160 cm³/mol. The van der Waals surface area contributed by atoms with E-state index in [4.69, 9.17) is 37.4 Å². The van der Waals surface area contributed by atoms with Gasteiger partial charge in [0.15, 0.2) is 17.6 Å². The van der Waals surface area contributed by atoms with E-state index in [1.54, 1.807) is 12.1 Å². The second-order valence-corrected chi connectivity index (χ2v) is 11.5. The fourth-order valence-electron chi connectivity index (χ4n) is 5.79. The van der Waals surface area contributed by atoms with Gasteiger partial charge >= 0.3 is 29.6 Å². The second-order valence-electron chi connectivity index (χ2n) is 10.6. The third-order valence-corrected chi connectivity index (χ3v) is 8.72. The van der Waals surface area contributed by atoms with Crippen LogP contribution in [0.25, 0.3) is 0 Å². The Labute approximate surface area is 283 Å². The van der Waals surface area contributed by atoms with Gasteiger partial charge in [-0.05, 0) is 77.1 Å². The molecule has 0 radical (unpaired) electrons. The number of rotatable bonds is 8. The Balaban J connectivity index is 0.00000368. The molecule has 0 saturated heterocycles. The molecule has 4 aromatic rings. The monoisotopic (exact) mass is 625 g/mol.